The average molecular weight is 236 g/mol. The quantitative estimate of drug-likeness (QED) is 0.353. The van der Waals surface area contributed by atoms with Gasteiger partial charge in [0.05, 0.1) is 0 Å². The zero-order valence-electron chi connectivity index (χ0n) is 10.6. The van der Waals surface area contributed by atoms with Crippen molar-refractivity contribution < 1.29 is 5.21 Å². The second-order valence-corrected chi connectivity index (χ2v) is 4.32. The van der Waals surface area contributed by atoms with E-state index in [1.54, 1.807) is 6.20 Å². The van der Waals surface area contributed by atoms with Crippen molar-refractivity contribution in [3.8, 4) is 0 Å². The number of aromatic nitrogens is 1. The molecule has 0 aliphatic carbocycles. The number of nitrogens with zero attached hydrogens (tertiary/aromatic N) is 3. The van der Waals surface area contributed by atoms with Gasteiger partial charge in [0, 0.05) is 25.2 Å². The van der Waals surface area contributed by atoms with Gasteiger partial charge in [-0.1, -0.05) is 5.16 Å². The third kappa shape index (κ3) is 3.94. The van der Waals surface area contributed by atoms with Crippen LogP contribution in [-0.4, -0.2) is 28.6 Å². The molecule has 0 atom stereocenters. The number of hydrogen-bond acceptors (Lipinski definition) is 4. The van der Waals surface area contributed by atoms with E-state index in [1.165, 1.54) is 5.56 Å². The van der Waals surface area contributed by atoms with Crippen molar-refractivity contribution in [1.29, 1.82) is 0 Å². The van der Waals surface area contributed by atoms with E-state index in [1.807, 2.05) is 19.1 Å². The lowest BCUT2D eigenvalue weighted by atomic mass is 10.2. The number of hydrogen-bond donors (Lipinski definition) is 2. The standard InChI is InChI=1S/C12H20N4O/c1-9(2)16(7-5-11(13)15-17)12-8-10(3)4-6-14-12/h4,6,8-9,17H,5,7H2,1-3H3,(H2,13,15). The molecule has 0 aliphatic heterocycles. The first-order chi connectivity index (χ1) is 8.04. The first-order valence-corrected chi connectivity index (χ1v) is 5.70. The van der Waals surface area contributed by atoms with Gasteiger partial charge in [-0.2, -0.15) is 0 Å². The number of aryl methyl sites for hydroxylation is 1. The summed E-state index contributed by atoms with van der Waals surface area (Å²) >= 11 is 0. The van der Waals surface area contributed by atoms with Crippen LogP contribution >= 0.6 is 0 Å². The third-order valence-corrected chi connectivity index (χ3v) is 2.56. The average Bonchev–Trinajstić information content (AvgIpc) is 2.28. The minimum atomic E-state index is 0.239. The van der Waals surface area contributed by atoms with Gasteiger partial charge in [0.15, 0.2) is 0 Å². The molecule has 1 aromatic rings. The number of amidine groups is 1. The van der Waals surface area contributed by atoms with Crippen LogP contribution in [0, 0.1) is 6.92 Å². The molecule has 0 saturated heterocycles. The van der Waals surface area contributed by atoms with Crippen LogP contribution in [0.4, 0.5) is 5.82 Å². The molecule has 0 unspecified atom stereocenters. The number of nitrogens with two attached hydrogens (primary N) is 1. The van der Waals surface area contributed by atoms with Crippen molar-refractivity contribution in [2.75, 3.05) is 11.4 Å². The molecule has 3 N–H and O–H groups in total. The normalized spacial score (nSPS) is 11.9. The van der Waals surface area contributed by atoms with Gasteiger partial charge in [0.1, 0.15) is 11.7 Å². The Kier molecular flexibility index (Phi) is 4.75. The van der Waals surface area contributed by atoms with E-state index in [0.29, 0.717) is 19.0 Å². The second kappa shape index (κ2) is 6.08. The molecule has 17 heavy (non-hydrogen) atoms. The van der Waals surface area contributed by atoms with Gasteiger partial charge < -0.3 is 15.8 Å². The highest BCUT2D eigenvalue weighted by Gasteiger charge is 2.12. The first kappa shape index (κ1) is 13.3. The maximum Gasteiger partial charge on any atom is 0.140 e. The van der Waals surface area contributed by atoms with E-state index in [2.05, 4.69) is 28.9 Å². The minimum absolute atomic E-state index is 0.239. The van der Waals surface area contributed by atoms with E-state index < -0.39 is 0 Å². The highest BCUT2D eigenvalue weighted by molar-refractivity contribution is 5.80. The van der Waals surface area contributed by atoms with Crippen LogP contribution < -0.4 is 10.6 Å². The monoisotopic (exact) mass is 236 g/mol. The summed E-state index contributed by atoms with van der Waals surface area (Å²) < 4.78 is 0. The van der Waals surface area contributed by atoms with Crippen LogP contribution in [0.25, 0.3) is 0 Å². The molecule has 1 rings (SSSR count). The lowest BCUT2D eigenvalue weighted by Crippen LogP contribution is -2.34. The predicted octanol–water partition coefficient (Wildman–Crippen LogP) is 1.74. The molecule has 0 saturated carbocycles. The summed E-state index contributed by atoms with van der Waals surface area (Å²) in [6.45, 7) is 6.91. The predicted molar refractivity (Wildman–Crippen MR) is 69.5 cm³/mol. The molecule has 0 amide bonds. The number of oxime groups is 1. The van der Waals surface area contributed by atoms with E-state index in [4.69, 9.17) is 10.9 Å². The van der Waals surface area contributed by atoms with Crippen LogP contribution in [0.1, 0.15) is 25.8 Å². The molecule has 94 valence electrons. The maximum atomic E-state index is 8.53. The highest BCUT2D eigenvalue weighted by Crippen LogP contribution is 2.15. The smallest absolute Gasteiger partial charge is 0.140 e. The number of rotatable bonds is 5. The van der Waals surface area contributed by atoms with Crippen LogP contribution in [0.5, 0.6) is 0 Å². The van der Waals surface area contributed by atoms with Gasteiger partial charge in [-0.25, -0.2) is 4.98 Å². The summed E-state index contributed by atoms with van der Waals surface area (Å²) in [6.07, 6.45) is 2.31. The molecule has 1 aromatic heterocycles. The number of anilines is 1. The molecule has 0 spiro atoms. The Morgan fingerprint density at radius 2 is 2.29 bits per heavy atom. The highest BCUT2D eigenvalue weighted by atomic mass is 16.4. The van der Waals surface area contributed by atoms with E-state index in [-0.39, 0.29) is 5.84 Å². The largest absolute Gasteiger partial charge is 0.409 e. The SMILES string of the molecule is Cc1ccnc(N(CCC(N)=NO)C(C)C)c1. The summed E-state index contributed by atoms with van der Waals surface area (Å²) in [6, 6.07) is 4.31. The second-order valence-electron chi connectivity index (χ2n) is 4.32. The zero-order valence-corrected chi connectivity index (χ0v) is 10.6. The van der Waals surface area contributed by atoms with E-state index >= 15 is 0 Å². The lowest BCUT2D eigenvalue weighted by Gasteiger charge is -2.27. The van der Waals surface area contributed by atoms with Gasteiger partial charge in [-0.15, -0.1) is 0 Å². The molecule has 5 heteroatoms. The van der Waals surface area contributed by atoms with Crippen molar-refractivity contribution in [2.45, 2.75) is 33.2 Å². The fourth-order valence-electron chi connectivity index (χ4n) is 1.60. The Labute approximate surface area is 102 Å². The summed E-state index contributed by atoms with van der Waals surface area (Å²) in [5, 5.41) is 11.5. The summed E-state index contributed by atoms with van der Waals surface area (Å²) in [5.41, 5.74) is 6.65. The van der Waals surface area contributed by atoms with Gasteiger partial charge in [-0.05, 0) is 38.5 Å². The Bertz CT molecular complexity index is 390. The fourth-order valence-corrected chi connectivity index (χ4v) is 1.60. The van der Waals surface area contributed by atoms with Crippen LogP contribution in [-0.2, 0) is 0 Å². The molecule has 5 nitrogen and oxygen atoms in total. The van der Waals surface area contributed by atoms with Crippen LogP contribution in [0.15, 0.2) is 23.5 Å². The fraction of sp³-hybridized carbons (Fsp3) is 0.500. The Morgan fingerprint density at radius 3 is 2.82 bits per heavy atom. The van der Waals surface area contributed by atoms with Crippen molar-refractivity contribution in [3.05, 3.63) is 23.9 Å². The number of pyridine rings is 1. The van der Waals surface area contributed by atoms with E-state index in [0.717, 1.165) is 5.82 Å². The van der Waals surface area contributed by atoms with Gasteiger partial charge in [0.2, 0.25) is 0 Å². The zero-order chi connectivity index (χ0) is 12.8. The first-order valence-electron chi connectivity index (χ1n) is 5.70. The van der Waals surface area contributed by atoms with Crippen LogP contribution in [0.2, 0.25) is 0 Å². The maximum absolute atomic E-state index is 8.53. The van der Waals surface area contributed by atoms with Gasteiger partial charge >= 0.3 is 0 Å². The van der Waals surface area contributed by atoms with Crippen molar-refractivity contribution >= 4 is 11.7 Å². The molecule has 0 radical (unpaired) electrons. The topological polar surface area (TPSA) is 74.7 Å². The summed E-state index contributed by atoms with van der Waals surface area (Å²) in [4.78, 5) is 6.48. The Balaban J connectivity index is 2.79. The summed E-state index contributed by atoms with van der Waals surface area (Å²) in [7, 11) is 0. The molecule has 0 aliphatic rings. The molecule has 0 fully saturated rings. The van der Waals surface area contributed by atoms with Crippen LogP contribution in [0.3, 0.4) is 0 Å². The molecule has 1 heterocycles. The third-order valence-electron chi connectivity index (χ3n) is 2.56. The molecule has 0 bridgehead atoms. The Morgan fingerprint density at radius 1 is 1.59 bits per heavy atom. The molecule has 0 aromatic carbocycles. The van der Waals surface area contributed by atoms with Gasteiger partial charge in [-0.3, -0.25) is 0 Å². The lowest BCUT2D eigenvalue weighted by molar-refractivity contribution is 0.317. The molecular weight excluding hydrogens is 216 g/mol. The Hall–Kier alpha value is -1.78. The molecular formula is C12H20N4O. The van der Waals surface area contributed by atoms with Crippen molar-refractivity contribution in [3.63, 3.8) is 0 Å². The van der Waals surface area contributed by atoms with Crippen molar-refractivity contribution in [1.82, 2.24) is 4.98 Å². The van der Waals surface area contributed by atoms with Gasteiger partial charge in [0.25, 0.3) is 0 Å². The van der Waals surface area contributed by atoms with Crippen molar-refractivity contribution in [2.24, 2.45) is 10.9 Å². The minimum Gasteiger partial charge on any atom is -0.409 e. The summed E-state index contributed by atoms with van der Waals surface area (Å²) in [5.74, 6) is 1.16. The van der Waals surface area contributed by atoms with E-state index in [9.17, 15) is 0 Å².